The van der Waals surface area contributed by atoms with Crippen molar-refractivity contribution in [2.24, 2.45) is 5.41 Å². The maximum absolute atomic E-state index is 11.4. The van der Waals surface area contributed by atoms with Gasteiger partial charge in [0, 0.05) is 10.4 Å². The van der Waals surface area contributed by atoms with Gasteiger partial charge in [-0.05, 0) is 73.2 Å². The molecule has 0 aliphatic carbocycles. The van der Waals surface area contributed by atoms with Gasteiger partial charge in [0.2, 0.25) is 0 Å². The highest BCUT2D eigenvalue weighted by Crippen LogP contribution is 2.52. The van der Waals surface area contributed by atoms with Crippen molar-refractivity contribution >= 4 is 35.8 Å². The van der Waals surface area contributed by atoms with Crippen LogP contribution in [0.15, 0.2) is 55.1 Å². The molecule has 0 spiro atoms. The molecule has 0 radical (unpaired) electrons. The van der Waals surface area contributed by atoms with Crippen molar-refractivity contribution < 1.29 is 9.90 Å². The van der Waals surface area contributed by atoms with Crippen molar-refractivity contribution in [2.45, 2.75) is 45.8 Å². The molecule has 0 saturated heterocycles. The van der Waals surface area contributed by atoms with Gasteiger partial charge in [-0.1, -0.05) is 55.8 Å². The smallest absolute Gasteiger partial charge is 0.335 e. The first-order valence-corrected chi connectivity index (χ1v) is 10.4. The normalized spacial score (nSPS) is 14.4. The number of hydrogen-bond donors (Lipinski definition) is 2. The van der Waals surface area contributed by atoms with E-state index in [1.165, 1.54) is 0 Å². The van der Waals surface area contributed by atoms with E-state index in [2.05, 4.69) is 32.6 Å². The summed E-state index contributed by atoms with van der Waals surface area (Å²) in [5.41, 5.74) is 4.92. The van der Waals surface area contributed by atoms with E-state index in [-0.39, 0.29) is 5.41 Å². The van der Waals surface area contributed by atoms with Crippen LogP contribution >= 0.6 is 24.2 Å². The van der Waals surface area contributed by atoms with Crippen LogP contribution in [0.3, 0.4) is 0 Å². The lowest BCUT2D eigenvalue weighted by molar-refractivity contribution is 0.0696. The highest BCUT2D eigenvalue weighted by molar-refractivity contribution is 7.81. The monoisotopic (exact) mass is 428 g/mol. The van der Waals surface area contributed by atoms with Crippen LogP contribution in [0.25, 0.3) is 5.57 Å². The lowest BCUT2D eigenvalue weighted by Gasteiger charge is -2.43. The SMILES string of the molecule is C=CC(C)(C)[C@](S)(C/C(=C\C)c1ccc(C(=O)O)c(C)c1)c1cc(C)cc(Cl)c1. The highest BCUT2D eigenvalue weighted by atomic mass is 35.5. The number of rotatable bonds is 7. The zero-order valence-electron chi connectivity index (χ0n) is 17.7. The third kappa shape index (κ3) is 4.79. The second kappa shape index (κ2) is 8.81. The number of aryl methyl sites for hydroxylation is 2. The predicted molar refractivity (Wildman–Crippen MR) is 127 cm³/mol. The molecule has 29 heavy (non-hydrogen) atoms. The Bertz CT molecular complexity index is 955. The van der Waals surface area contributed by atoms with Crippen molar-refractivity contribution in [3.05, 3.63) is 88.0 Å². The lowest BCUT2D eigenvalue weighted by Crippen LogP contribution is -2.36. The fraction of sp³-hybridized carbons (Fsp3) is 0.320. The summed E-state index contributed by atoms with van der Waals surface area (Å²) in [7, 11) is 0. The van der Waals surface area contributed by atoms with Gasteiger partial charge in [0.15, 0.2) is 0 Å². The zero-order valence-corrected chi connectivity index (χ0v) is 19.4. The van der Waals surface area contributed by atoms with Crippen molar-refractivity contribution in [1.82, 2.24) is 0 Å². The Kier molecular flexibility index (Phi) is 7.08. The highest BCUT2D eigenvalue weighted by Gasteiger charge is 2.42. The van der Waals surface area contributed by atoms with Crippen LogP contribution in [0.1, 0.15) is 59.8 Å². The second-order valence-electron chi connectivity index (χ2n) is 8.13. The number of halogens is 1. The first-order valence-electron chi connectivity index (χ1n) is 9.58. The van der Waals surface area contributed by atoms with Crippen LogP contribution < -0.4 is 0 Å². The number of aromatic carboxylic acids is 1. The van der Waals surface area contributed by atoms with Gasteiger partial charge in [0.25, 0.3) is 0 Å². The Hall–Kier alpha value is -1.97. The quantitative estimate of drug-likeness (QED) is 0.354. The van der Waals surface area contributed by atoms with Crippen molar-refractivity contribution in [3.63, 3.8) is 0 Å². The summed E-state index contributed by atoms with van der Waals surface area (Å²) < 4.78 is -0.564. The largest absolute Gasteiger partial charge is 0.478 e. The van der Waals surface area contributed by atoms with Gasteiger partial charge in [0.05, 0.1) is 10.3 Å². The first-order chi connectivity index (χ1) is 13.4. The van der Waals surface area contributed by atoms with E-state index in [1.54, 1.807) is 6.07 Å². The maximum atomic E-state index is 11.4. The van der Waals surface area contributed by atoms with Crippen LogP contribution in [0.4, 0.5) is 0 Å². The Morgan fingerprint density at radius 3 is 2.34 bits per heavy atom. The molecule has 154 valence electrons. The van der Waals surface area contributed by atoms with E-state index in [1.807, 2.05) is 51.1 Å². The third-order valence-corrected chi connectivity index (χ3v) is 6.93. The molecule has 0 amide bonds. The van der Waals surface area contributed by atoms with Crippen LogP contribution in [0, 0.1) is 19.3 Å². The maximum Gasteiger partial charge on any atom is 0.335 e. The minimum Gasteiger partial charge on any atom is -0.478 e. The number of thiol groups is 1. The fourth-order valence-corrected chi connectivity index (χ4v) is 4.28. The molecule has 0 fully saturated rings. The number of allylic oxidation sites excluding steroid dienone is 3. The molecular weight excluding hydrogens is 400 g/mol. The zero-order chi connectivity index (χ0) is 22.0. The van der Waals surface area contributed by atoms with E-state index >= 15 is 0 Å². The van der Waals surface area contributed by atoms with Crippen LogP contribution in [-0.2, 0) is 4.75 Å². The van der Waals surface area contributed by atoms with E-state index in [4.69, 9.17) is 24.2 Å². The molecule has 0 aliphatic heterocycles. The topological polar surface area (TPSA) is 37.3 Å². The average Bonchev–Trinajstić information content (AvgIpc) is 2.64. The fourth-order valence-electron chi connectivity index (χ4n) is 3.60. The predicted octanol–water partition coefficient (Wildman–Crippen LogP) is 7.49. The summed E-state index contributed by atoms with van der Waals surface area (Å²) in [6.45, 7) is 14.1. The number of carbonyl (C=O) groups is 1. The molecule has 1 N–H and O–H groups in total. The summed E-state index contributed by atoms with van der Waals surface area (Å²) in [5.74, 6) is -0.915. The van der Waals surface area contributed by atoms with Gasteiger partial charge >= 0.3 is 5.97 Å². The Morgan fingerprint density at radius 2 is 1.86 bits per heavy atom. The Labute approximate surface area is 184 Å². The third-order valence-electron chi connectivity index (χ3n) is 5.72. The summed E-state index contributed by atoms with van der Waals surface area (Å²) in [4.78, 5) is 11.4. The van der Waals surface area contributed by atoms with Crippen LogP contribution in [0.5, 0.6) is 0 Å². The molecule has 0 unspecified atom stereocenters. The molecule has 0 aromatic heterocycles. The minimum absolute atomic E-state index is 0.318. The van der Waals surface area contributed by atoms with Gasteiger partial charge in [0.1, 0.15) is 0 Å². The first kappa shape index (κ1) is 23.3. The number of hydrogen-bond acceptors (Lipinski definition) is 2. The number of benzene rings is 2. The van der Waals surface area contributed by atoms with Crippen LogP contribution in [-0.4, -0.2) is 11.1 Å². The molecule has 1 atom stereocenters. The van der Waals surface area contributed by atoms with Crippen molar-refractivity contribution in [3.8, 4) is 0 Å². The lowest BCUT2D eigenvalue weighted by atomic mass is 9.70. The van der Waals surface area contributed by atoms with E-state index < -0.39 is 10.7 Å². The van der Waals surface area contributed by atoms with Gasteiger partial charge in [-0.3, -0.25) is 0 Å². The van der Waals surface area contributed by atoms with Gasteiger partial charge in [-0.15, -0.1) is 6.58 Å². The molecular formula is C25H29ClO2S. The molecule has 0 heterocycles. The number of carboxylic acids is 1. The van der Waals surface area contributed by atoms with Crippen molar-refractivity contribution in [1.29, 1.82) is 0 Å². The summed E-state index contributed by atoms with van der Waals surface area (Å²) >= 11 is 11.6. The minimum atomic E-state index is -0.915. The molecule has 0 bridgehead atoms. The molecule has 4 heteroatoms. The molecule has 2 aromatic rings. The van der Waals surface area contributed by atoms with E-state index in [9.17, 15) is 9.90 Å². The van der Waals surface area contributed by atoms with Crippen LogP contribution in [0.2, 0.25) is 5.02 Å². The molecule has 2 aromatic carbocycles. The average molecular weight is 429 g/mol. The summed E-state index contributed by atoms with van der Waals surface area (Å²) in [5, 5.41) is 10.0. The summed E-state index contributed by atoms with van der Waals surface area (Å²) in [6, 6.07) is 11.5. The number of carboxylic acid groups (broad SMARTS) is 1. The van der Waals surface area contributed by atoms with Gasteiger partial charge < -0.3 is 5.11 Å². The second-order valence-corrected chi connectivity index (χ2v) is 9.33. The van der Waals surface area contributed by atoms with Gasteiger partial charge in [-0.25, -0.2) is 4.79 Å². The Morgan fingerprint density at radius 1 is 1.21 bits per heavy atom. The molecule has 0 aliphatic rings. The molecule has 2 rings (SSSR count). The Balaban J connectivity index is 2.59. The van der Waals surface area contributed by atoms with E-state index in [0.29, 0.717) is 17.0 Å². The van der Waals surface area contributed by atoms with Gasteiger partial charge in [-0.2, -0.15) is 12.6 Å². The van der Waals surface area contributed by atoms with Crippen molar-refractivity contribution in [2.75, 3.05) is 0 Å². The molecule has 0 saturated carbocycles. The molecule has 2 nitrogen and oxygen atoms in total. The van der Waals surface area contributed by atoms with E-state index in [0.717, 1.165) is 27.8 Å². The summed E-state index contributed by atoms with van der Waals surface area (Å²) in [6.07, 6.45) is 4.64. The standard InChI is InChI=1S/C25H29ClO2S/c1-7-18(19-9-10-22(23(27)28)17(4)13-19)15-25(29,24(5,6)8-2)20-11-16(3)12-21(26)14-20/h7-14,29H,2,15H2,1,3-6H3,(H,27,28)/b18-7+/t25-/m0/s1.